The van der Waals surface area contributed by atoms with Crippen molar-refractivity contribution >= 4 is 17.9 Å². The molecule has 8 nitrogen and oxygen atoms in total. The summed E-state index contributed by atoms with van der Waals surface area (Å²) in [4.78, 5) is 41.8. The van der Waals surface area contributed by atoms with Gasteiger partial charge in [0.25, 0.3) is 0 Å². The van der Waals surface area contributed by atoms with Crippen molar-refractivity contribution < 1.29 is 19.1 Å². The predicted octanol–water partition coefficient (Wildman–Crippen LogP) is 5.09. The molecule has 0 aromatic heterocycles. The van der Waals surface area contributed by atoms with E-state index < -0.39 is 29.7 Å². The normalized spacial score (nSPS) is 16.6. The summed E-state index contributed by atoms with van der Waals surface area (Å²) in [5, 5.41) is 15.6. The van der Waals surface area contributed by atoms with Crippen molar-refractivity contribution in [3.63, 3.8) is 0 Å². The molecule has 3 atom stereocenters. The van der Waals surface area contributed by atoms with E-state index in [1.165, 1.54) is 4.90 Å². The first kappa shape index (κ1) is 30.1. The number of carbonyl (C=O) groups is 3. The topological polar surface area (TPSA) is 112 Å². The van der Waals surface area contributed by atoms with Gasteiger partial charge in [0.05, 0.1) is 6.07 Å². The first-order valence-corrected chi connectivity index (χ1v) is 13.4. The monoisotopic (exact) mass is 512 g/mol. The first-order valence-electron chi connectivity index (χ1n) is 13.4. The number of ether oxygens (including phenoxy) is 1. The van der Waals surface area contributed by atoms with E-state index in [1.54, 1.807) is 20.8 Å². The Labute approximate surface area is 222 Å². The molecule has 3 amide bonds. The molecule has 0 aliphatic heterocycles. The maximum Gasteiger partial charge on any atom is 0.408 e. The zero-order valence-electron chi connectivity index (χ0n) is 23.5. The number of alkyl carbamates (subject to hydrolysis) is 1. The molecule has 8 heteroatoms. The third-order valence-electron chi connectivity index (χ3n) is 6.75. The standard InChI is InChI=1S/C29H44N4O4/c1-8-21(4)24(32-28(36)37-29(5,6)7)27(35)33(15-14-30)25(22-17-19(2)16-20(3)18-22)26(34)31-23-12-10-9-11-13-23/h16-18,21,23-25H,8-13,15H2,1-7H3,(H,31,34)(H,32,36). The van der Waals surface area contributed by atoms with Crippen LogP contribution < -0.4 is 10.6 Å². The molecule has 2 rings (SSSR count). The lowest BCUT2D eigenvalue weighted by molar-refractivity contribution is -0.143. The molecule has 1 aromatic rings. The van der Waals surface area contributed by atoms with Crippen molar-refractivity contribution in [3.8, 4) is 6.07 Å². The fraction of sp³-hybridized carbons (Fsp3) is 0.655. The summed E-state index contributed by atoms with van der Waals surface area (Å²) in [6.07, 6.45) is 4.94. The van der Waals surface area contributed by atoms with E-state index in [-0.39, 0.29) is 24.4 Å². The Balaban J connectivity index is 2.49. The van der Waals surface area contributed by atoms with E-state index in [9.17, 15) is 19.6 Å². The zero-order valence-corrected chi connectivity index (χ0v) is 23.5. The molecule has 1 aliphatic carbocycles. The Hall–Kier alpha value is -3.08. The van der Waals surface area contributed by atoms with Crippen molar-refractivity contribution in [2.45, 2.75) is 111 Å². The van der Waals surface area contributed by atoms with Crippen LogP contribution in [0.3, 0.4) is 0 Å². The molecule has 3 unspecified atom stereocenters. The molecular formula is C29H44N4O4. The van der Waals surface area contributed by atoms with E-state index in [1.807, 2.05) is 45.9 Å². The van der Waals surface area contributed by atoms with Crippen LogP contribution in [0.5, 0.6) is 0 Å². The van der Waals surface area contributed by atoms with Gasteiger partial charge in [-0.2, -0.15) is 5.26 Å². The molecule has 0 saturated heterocycles. The van der Waals surface area contributed by atoms with Crippen molar-refractivity contribution in [1.82, 2.24) is 15.5 Å². The van der Waals surface area contributed by atoms with E-state index in [0.29, 0.717) is 12.0 Å². The van der Waals surface area contributed by atoms with Crippen LogP contribution in [0.2, 0.25) is 0 Å². The van der Waals surface area contributed by atoms with Crippen LogP contribution in [0.15, 0.2) is 18.2 Å². The van der Waals surface area contributed by atoms with Gasteiger partial charge in [-0.05, 0) is 58.9 Å². The van der Waals surface area contributed by atoms with Crippen LogP contribution >= 0.6 is 0 Å². The first-order chi connectivity index (χ1) is 17.4. The maximum atomic E-state index is 14.0. The molecule has 1 saturated carbocycles. The number of amides is 3. The summed E-state index contributed by atoms with van der Waals surface area (Å²) in [6.45, 7) is 12.6. The quantitative estimate of drug-likeness (QED) is 0.448. The Morgan fingerprint density at radius 3 is 2.22 bits per heavy atom. The van der Waals surface area contributed by atoms with Gasteiger partial charge in [0, 0.05) is 6.04 Å². The minimum atomic E-state index is -1.00. The zero-order chi connectivity index (χ0) is 27.8. The Morgan fingerprint density at radius 1 is 1.11 bits per heavy atom. The number of hydrogen-bond acceptors (Lipinski definition) is 5. The van der Waals surface area contributed by atoms with Gasteiger partial charge in [-0.1, -0.05) is 68.9 Å². The molecular weight excluding hydrogens is 468 g/mol. The van der Waals surface area contributed by atoms with Gasteiger partial charge in [0.1, 0.15) is 24.2 Å². The highest BCUT2D eigenvalue weighted by atomic mass is 16.6. The number of rotatable bonds is 9. The van der Waals surface area contributed by atoms with E-state index in [4.69, 9.17) is 4.74 Å². The fourth-order valence-electron chi connectivity index (χ4n) is 4.84. The largest absolute Gasteiger partial charge is 0.444 e. The van der Waals surface area contributed by atoms with Crippen LogP contribution in [0.1, 0.15) is 95.9 Å². The number of nitrogens with one attached hydrogen (secondary N) is 2. The number of nitriles is 1. The lowest BCUT2D eigenvalue weighted by Gasteiger charge is -2.36. The Bertz CT molecular complexity index is 968. The molecule has 0 spiro atoms. The lowest BCUT2D eigenvalue weighted by Crippen LogP contribution is -2.55. The van der Waals surface area contributed by atoms with Crippen LogP contribution in [0.25, 0.3) is 0 Å². The number of nitrogens with zero attached hydrogens (tertiary/aromatic N) is 2. The van der Waals surface area contributed by atoms with Crippen molar-refractivity contribution in [1.29, 1.82) is 5.26 Å². The van der Waals surface area contributed by atoms with Gasteiger partial charge in [-0.15, -0.1) is 0 Å². The number of carbonyl (C=O) groups excluding carboxylic acids is 3. The molecule has 1 aliphatic rings. The maximum absolute atomic E-state index is 14.0. The number of benzene rings is 1. The SMILES string of the molecule is CCC(C)C(NC(=O)OC(C)(C)C)C(=O)N(CC#N)C(C(=O)NC1CCCCC1)c1cc(C)cc(C)c1. The van der Waals surface area contributed by atoms with Gasteiger partial charge in [-0.3, -0.25) is 9.59 Å². The summed E-state index contributed by atoms with van der Waals surface area (Å²) >= 11 is 0. The van der Waals surface area contributed by atoms with Crippen LogP contribution in [-0.4, -0.2) is 47.0 Å². The molecule has 0 bridgehead atoms. The molecule has 2 N–H and O–H groups in total. The predicted molar refractivity (Wildman–Crippen MR) is 144 cm³/mol. The third kappa shape index (κ3) is 9.07. The second kappa shape index (κ2) is 13.5. The van der Waals surface area contributed by atoms with E-state index in [2.05, 4.69) is 16.7 Å². The minimum absolute atomic E-state index is 0.0407. The van der Waals surface area contributed by atoms with Crippen molar-refractivity contribution in [2.75, 3.05) is 6.54 Å². The summed E-state index contributed by atoms with van der Waals surface area (Å²) in [7, 11) is 0. The third-order valence-corrected chi connectivity index (χ3v) is 6.75. The molecule has 0 radical (unpaired) electrons. The minimum Gasteiger partial charge on any atom is -0.444 e. The second-order valence-corrected chi connectivity index (χ2v) is 11.3. The molecule has 204 valence electrons. The summed E-state index contributed by atoms with van der Waals surface area (Å²) in [6, 6.07) is 5.93. The Morgan fingerprint density at radius 2 is 1.70 bits per heavy atom. The molecule has 1 fully saturated rings. The van der Waals surface area contributed by atoms with Gasteiger partial charge in [0.2, 0.25) is 11.8 Å². The van der Waals surface area contributed by atoms with Crippen molar-refractivity contribution in [2.24, 2.45) is 5.92 Å². The highest BCUT2D eigenvalue weighted by Gasteiger charge is 2.38. The molecule has 1 aromatic carbocycles. The van der Waals surface area contributed by atoms with Gasteiger partial charge < -0.3 is 20.3 Å². The highest BCUT2D eigenvalue weighted by molar-refractivity contribution is 5.92. The van der Waals surface area contributed by atoms with Crippen LogP contribution in [-0.2, 0) is 14.3 Å². The summed E-state index contributed by atoms with van der Waals surface area (Å²) in [5.74, 6) is -1.03. The average molecular weight is 513 g/mol. The van der Waals surface area contributed by atoms with Crippen LogP contribution in [0.4, 0.5) is 4.79 Å². The van der Waals surface area contributed by atoms with E-state index >= 15 is 0 Å². The average Bonchev–Trinajstić information content (AvgIpc) is 2.80. The number of hydrogen-bond donors (Lipinski definition) is 2. The summed E-state index contributed by atoms with van der Waals surface area (Å²) in [5.41, 5.74) is 1.83. The summed E-state index contributed by atoms with van der Waals surface area (Å²) < 4.78 is 5.41. The second-order valence-electron chi connectivity index (χ2n) is 11.3. The molecule has 0 heterocycles. The van der Waals surface area contributed by atoms with Crippen LogP contribution in [0, 0.1) is 31.1 Å². The van der Waals surface area contributed by atoms with Gasteiger partial charge >= 0.3 is 6.09 Å². The lowest BCUT2D eigenvalue weighted by atomic mass is 9.93. The Kier molecular flexibility index (Phi) is 11.0. The number of aryl methyl sites for hydroxylation is 2. The fourth-order valence-corrected chi connectivity index (χ4v) is 4.84. The van der Waals surface area contributed by atoms with E-state index in [0.717, 1.165) is 43.2 Å². The smallest absolute Gasteiger partial charge is 0.408 e. The molecule has 37 heavy (non-hydrogen) atoms. The van der Waals surface area contributed by atoms with Gasteiger partial charge in [0.15, 0.2) is 0 Å². The van der Waals surface area contributed by atoms with Crippen molar-refractivity contribution in [3.05, 3.63) is 34.9 Å². The van der Waals surface area contributed by atoms with Gasteiger partial charge in [-0.25, -0.2) is 4.79 Å². The highest BCUT2D eigenvalue weighted by Crippen LogP contribution is 2.27.